The van der Waals surface area contributed by atoms with E-state index < -0.39 is 11.9 Å². The number of aromatic nitrogens is 1. The molecule has 23 heavy (non-hydrogen) atoms. The highest BCUT2D eigenvalue weighted by Crippen LogP contribution is 2.33. The lowest BCUT2D eigenvalue weighted by molar-refractivity contribution is 0.0654. The Morgan fingerprint density at radius 1 is 0.652 bits per heavy atom. The molecule has 0 bridgehead atoms. The Morgan fingerprint density at radius 2 is 1.00 bits per heavy atom. The standard InChI is InChI=1S/C18H13NO4/c20-17(21)13-14(18(22)23)16(12-9-5-2-6-10-12)19-15(13)11-7-3-1-4-8-11/h1-10,19H,(H,20,21)(H,22,23). The fourth-order valence-electron chi connectivity index (χ4n) is 2.57. The topological polar surface area (TPSA) is 90.4 Å². The van der Waals surface area contributed by atoms with Crippen molar-refractivity contribution in [2.24, 2.45) is 0 Å². The van der Waals surface area contributed by atoms with Crippen LogP contribution in [0.2, 0.25) is 0 Å². The predicted molar refractivity (Wildman–Crippen MR) is 85.6 cm³/mol. The summed E-state index contributed by atoms with van der Waals surface area (Å²) in [7, 11) is 0. The number of carboxylic acid groups (broad SMARTS) is 2. The van der Waals surface area contributed by atoms with Gasteiger partial charge in [0.1, 0.15) is 11.1 Å². The molecule has 1 aromatic heterocycles. The average Bonchev–Trinajstić information content (AvgIpc) is 2.97. The van der Waals surface area contributed by atoms with E-state index in [1.165, 1.54) is 0 Å². The van der Waals surface area contributed by atoms with E-state index in [4.69, 9.17) is 0 Å². The number of carboxylic acids is 2. The number of hydrogen-bond donors (Lipinski definition) is 3. The molecule has 0 aliphatic heterocycles. The second-order valence-electron chi connectivity index (χ2n) is 4.97. The summed E-state index contributed by atoms with van der Waals surface area (Å²) in [6.45, 7) is 0. The Labute approximate surface area is 131 Å². The zero-order valence-corrected chi connectivity index (χ0v) is 12.0. The number of aromatic carboxylic acids is 2. The van der Waals surface area contributed by atoms with Gasteiger partial charge in [0.05, 0.1) is 11.4 Å². The number of aromatic amines is 1. The van der Waals surface area contributed by atoms with E-state index in [2.05, 4.69) is 4.98 Å². The Morgan fingerprint density at radius 3 is 1.30 bits per heavy atom. The van der Waals surface area contributed by atoms with E-state index in [-0.39, 0.29) is 22.5 Å². The van der Waals surface area contributed by atoms with E-state index in [9.17, 15) is 19.8 Å². The first kappa shape index (κ1) is 14.6. The van der Waals surface area contributed by atoms with E-state index in [1.807, 2.05) is 12.1 Å². The SMILES string of the molecule is O=C(O)c1c(-c2ccccc2)[nH]c(-c2ccccc2)c1C(=O)O. The lowest BCUT2D eigenvalue weighted by atomic mass is 10.0. The number of hydrogen-bond acceptors (Lipinski definition) is 2. The van der Waals surface area contributed by atoms with Gasteiger partial charge in [0.15, 0.2) is 0 Å². The number of rotatable bonds is 4. The predicted octanol–water partition coefficient (Wildman–Crippen LogP) is 3.75. The highest BCUT2D eigenvalue weighted by Gasteiger charge is 2.28. The second kappa shape index (κ2) is 5.81. The third-order valence-electron chi connectivity index (χ3n) is 3.55. The van der Waals surface area contributed by atoms with Crippen LogP contribution < -0.4 is 0 Å². The Kier molecular flexibility index (Phi) is 3.68. The molecule has 1 heterocycles. The van der Waals surface area contributed by atoms with Crippen molar-refractivity contribution >= 4 is 11.9 Å². The smallest absolute Gasteiger partial charge is 0.338 e. The van der Waals surface area contributed by atoms with Crippen molar-refractivity contribution in [3.8, 4) is 22.5 Å². The maximum Gasteiger partial charge on any atom is 0.338 e. The van der Waals surface area contributed by atoms with Crippen LogP contribution >= 0.6 is 0 Å². The third-order valence-corrected chi connectivity index (χ3v) is 3.55. The molecule has 3 rings (SSSR count). The van der Waals surface area contributed by atoms with Crippen LogP contribution in [-0.2, 0) is 0 Å². The van der Waals surface area contributed by atoms with Gasteiger partial charge < -0.3 is 15.2 Å². The molecule has 0 radical (unpaired) electrons. The van der Waals surface area contributed by atoms with Crippen LogP contribution in [0.4, 0.5) is 0 Å². The summed E-state index contributed by atoms with van der Waals surface area (Å²) in [5, 5.41) is 19.1. The lowest BCUT2D eigenvalue weighted by Gasteiger charge is -2.01. The van der Waals surface area contributed by atoms with E-state index in [0.29, 0.717) is 11.1 Å². The minimum absolute atomic E-state index is 0.234. The largest absolute Gasteiger partial charge is 0.478 e. The van der Waals surface area contributed by atoms with Crippen molar-refractivity contribution in [3.63, 3.8) is 0 Å². The van der Waals surface area contributed by atoms with E-state index in [1.54, 1.807) is 48.5 Å². The average molecular weight is 307 g/mol. The molecule has 0 saturated heterocycles. The Balaban J connectivity index is 2.34. The molecule has 0 saturated carbocycles. The van der Waals surface area contributed by atoms with Crippen molar-refractivity contribution in [1.82, 2.24) is 4.98 Å². The first-order chi connectivity index (χ1) is 11.1. The van der Waals surface area contributed by atoms with Gasteiger partial charge >= 0.3 is 11.9 Å². The summed E-state index contributed by atoms with van der Waals surface area (Å²) in [5.74, 6) is -2.56. The number of benzene rings is 2. The second-order valence-corrected chi connectivity index (χ2v) is 4.97. The van der Waals surface area contributed by atoms with Crippen LogP contribution in [0.3, 0.4) is 0 Å². The molecule has 0 spiro atoms. The maximum absolute atomic E-state index is 11.7. The quantitative estimate of drug-likeness (QED) is 0.684. The van der Waals surface area contributed by atoms with Crippen molar-refractivity contribution in [2.45, 2.75) is 0 Å². The molecule has 5 nitrogen and oxygen atoms in total. The van der Waals surface area contributed by atoms with Crippen LogP contribution in [0.5, 0.6) is 0 Å². The number of nitrogens with one attached hydrogen (secondary N) is 1. The summed E-state index contributed by atoms with van der Waals surface area (Å²) in [6, 6.07) is 17.6. The molecule has 114 valence electrons. The van der Waals surface area contributed by atoms with Crippen molar-refractivity contribution in [1.29, 1.82) is 0 Å². The highest BCUT2D eigenvalue weighted by atomic mass is 16.4. The molecule has 2 aromatic carbocycles. The minimum atomic E-state index is -1.28. The molecule has 0 fully saturated rings. The van der Waals surface area contributed by atoms with Gasteiger partial charge in [0, 0.05) is 0 Å². The van der Waals surface area contributed by atoms with Gasteiger partial charge in [0.25, 0.3) is 0 Å². The van der Waals surface area contributed by atoms with Crippen LogP contribution in [0.15, 0.2) is 60.7 Å². The van der Waals surface area contributed by atoms with Gasteiger partial charge in [-0.2, -0.15) is 0 Å². The van der Waals surface area contributed by atoms with Gasteiger partial charge in [-0.25, -0.2) is 9.59 Å². The zero-order chi connectivity index (χ0) is 16.4. The molecular formula is C18H13NO4. The van der Waals surface area contributed by atoms with Crippen molar-refractivity contribution < 1.29 is 19.8 Å². The zero-order valence-electron chi connectivity index (χ0n) is 12.0. The molecule has 5 heteroatoms. The molecule has 0 aliphatic carbocycles. The normalized spacial score (nSPS) is 10.4. The Bertz CT molecular complexity index is 795. The highest BCUT2D eigenvalue weighted by molar-refractivity contribution is 6.10. The number of H-pyrrole nitrogens is 1. The first-order valence-electron chi connectivity index (χ1n) is 6.93. The Hall–Kier alpha value is -3.34. The summed E-state index contributed by atoms with van der Waals surface area (Å²) >= 11 is 0. The molecule has 0 amide bonds. The van der Waals surface area contributed by atoms with Crippen LogP contribution in [0.1, 0.15) is 20.7 Å². The van der Waals surface area contributed by atoms with Gasteiger partial charge in [-0.3, -0.25) is 0 Å². The molecular weight excluding hydrogens is 294 g/mol. The lowest BCUT2D eigenvalue weighted by Crippen LogP contribution is -2.07. The van der Waals surface area contributed by atoms with Gasteiger partial charge in [-0.1, -0.05) is 60.7 Å². The fourth-order valence-corrected chi connectivity index (χ4v) is 2.57. The maximum atomic E-state index is 11.7. The molecule has 3 aromatic rings. The van der Waals surface area contributed by atoms with E-state index >= 15 is 0 Å². The van der Waals surface area contributed by atoms with Gasteiger partial charge in [0.2, 0.25) is 0 Å². The van der Waals surface area contributed by atoms with Crippen LogP contribution in [0, 0.1) is 0 Å². The first-order valence-corrected chi connectivity index (χ1v) is 6.93. The summed E-state index contributed by atoms with van der Waals surface area (Å²) in [4.78, 5) is 26.3. The van der Waals surface area contributed by atoms with Crippen LogP contribution in [-0.4, -0.2) is 27.1 Å². The monoisotopic (exact) mass is 307 g/mol. The van der Waals surface area contributed by atoms with Crippen molar-refractivity contribution in [3.05, 3.63) is 71.8 Å². The van der Waals surface area contributed by atoms with E-state index in [0.717, 1.165) is 0 Å². The van der Waals surface area contributed by atoms with Crippen LogP contribution in [0.25, 0.3) is 22.5 Å². The molecule has 3 N–H and O–H groups in total. The summed E-state index contributed by atoms with van der Waals surface area (Å²) in [6.07, 6.45) is 0. The minimum Gasteiger partial charge on any atom is -0.478 e. The summed E-state index contributed by atoms with van der Waals surface area (Å²) in [5.41, 5.74) is 1.35. The van der Waals surface area contributed by atoms with Crippen molar-refractivity contribution in [2.75, 3.05) is 0 Å². The number of carbonyl (C=O) groups is 2. The van der Waals surface area contributed by atoms with Gasteiger partial charge in [-0.05, 0) is 11.1 Å². The molecule has 0 aliphatic rings. The summed E-state index contributed by atoms with van der Waals surface area (Å²) < 4.78 is 0. The van der Waals surface area contributed by atoms with Gasteiger partial charge in [-0.15, -0.1) is 0 Å². The third kappa shape index (κ3) is 2.60. The molecule has 0 atom stereocenters. The molecule has 0 unspecified atom stereocenters. The fraction of sp³-hybridized carbons (Fsp3) is 0.